The molecule has 0 spiro atoms. The largest absolute Gasteiger partial charge is 0.437 e. The molecule has 30 heavy (non-hydrogen) atoms. The summed E-state index contributed by atoms with van der Waals surface area (Å²) in [5.74, 6) is 1.59. The Labute approximate surface area is 173 Å². The molecule has 0 aliphatic rings. The van der Waals surface area contributed by atoms with Crippen LogP contribution in [0.15, 0.2) is 43.0 Å². The van der Waals surface area contributed by atoms with Crippen molar-refractivity contribution in [1.82, 2.24) is 24.5 Å². The Balaban J connectivity index is 1.70. The van der Waals surface area contributed by atoms with E-state index in [1.165, 1.54) is 6.20 Å². The maximum Gasteiger partial charge on any atom is 0.223 e. The van der Waals surface area contributed by atoms with Gasteiger partial charge < -0.3 is 19.5 Å². The number of nitrogens with one attached hydrogen (secondary N) is 1. The van der Waals surface area contributed by atoms with E-state index in [1.54, 1.807) is 24.7 Å². The number of fused-ring (bicyclic) bond motifs is 1. The van der Waals surface area contributed by atoms with Crippen molar-refractivity contribution in [2.45, 2.75) is 6.92 Å². The second kappa shape index (κ2) is 7.67. The molecule has 9 heteroatoms. The van der Waals surface area contributed by atoms with Gasteiger partial charge in [0.05, 0.1) is 30.1 Å². The number of hydrogen-bond acceptors (Lipinski definition) is 8. The molecular formula is C21H20N8O. The zero-order valence-corrected chi connectivity index (χ0v) is 17.1. The highest BCUT2D eigenvalue weighted by atomic mass is 16.5. The van der Waals surface area contributed by atoms with Crippen LogP contribution < -0.4 is 15.0 Å². The first-order valence-electron chi connectivity index (χ1n) is 9.21. The third-order valence-corrected chi connectivity index (χ3v) is 4.56. The average Bonchev–Trinajstić information content (AvgIpc) is 3.11. The molecule has 0 unspecified atom stereocenters. The normalized spacial score (nSPS) is 10.6. The van der Waals surface area contributed by atoms with Crippen LogP contribution >= 0.6 is 0 Å². The molecule has 4 aromatic heterocycles. The fraction of sp³-hybridized carbons (Fsp3) is 0.190. The zero-order chi connectivity index (χ0) is 21.3. The molecule has 4 heterocycles. The van der Waals surface area contributed by atoms with Crippen molar-refractivity contribution in [2.75, 3.05) is 24.3 Å². The molecule has 0 fully saturated rings. The lowest BCUT2D eigenvalue weighted by Crippen LogP contribution is -2.09. The van der Waals surface area contributed by atoms with Crippen LogP contribution in [0.5, 0.6) is 11.6 Å². The first-order valence-corrected chi connectivity index (χ1v) is 9.21. The van der Waals surface area contributed by atoms with Crippen molar-refractivity contribution in [2.24, 2.45) is 7.05 Å². The smallest absolute Gasteiger partial charge is 0.223 e. The lowest BCUT2D eigenvalue weighted by atomic mass is 10.2. The number of pyridine rings is 3. The SMILES string of the molecule is Cc1cc(C#N)ncc1Oc1cc(Nc2ccc(N(C)C)cn2)c2ncn(C)c2n1. The summed E-state index contributed by atoms with van der Waals surface area (Å²) in [5.41, 5.74) is 4.23. The standard InChI is InChI=1S/C21H20N8O/c1-13-7-14(9-22)23-11-17(13)30-19-8-16(20-21(27-19)29(4)12-25-20)26-18-6-5-15(10-24-18)28(2)3/h5-8,10-12H,1-4H3,(H,24,26,27). The highest BCUT2D eigenvalue weighted by Gasteiger charge is 2.14. The molecule has 4 rings (SSSR count). The minimum atomic E-state index is 0.337. The van der Waals surface area contributed by atoms with Crippen LogP contribution in [0.25, 0.3) is 11.2 Å². The lowest BCUT2D eigenvalue weighted by molar-refractivity contribution is 0.459. The summed E-state index contributed by atoms with van der Waals surface area (Å²) in [6.45, 7) is 1.86. The molecule has 9 nitrogen and oxygen atoms in total. The summed E-state index contributed by atoms with van der Waals surface area (Å²) < 4.78 is 7.80. The van der Waals surface area contributed by atoms with Gasteiger partial charge in [-0.15, -0.1) is 0 Å². The van der Waals surface area contributed by atoms with E-state index in [1.807, 2.05) is 55.7 Å². The van der Waals surface area contributed by atoms with Crippen molar-refractivity contribution in [3.8, 4) is 17.7 Å². The van der Waals surface area contributed by atoms with Crippen LogP contribution in [0.1, 0.15) is 11.3 Å². The zero-order valence-electron chi connectivity index (χ0n) is 17.1. The Morgan fingerprint density at radius 3 is 2.63 bits per heavy atom. The Kier molecular flexibility index (Phi) is 4.90. The fourth-order valence-electron chi connectivity index (χ4n) is 2.91. The van der Waals surface area contributed by atoms with E-state index in [0.717, 1.165) is 16.9 Å². The van der Waals surface area contributed by atoms with E-state index in [-0.39, 0.29) is 0 Å². The van der Waals surface area contributed by atoms with Crippen molar-refractivity contribution in [1.29, 1.82) is 5.26 Å². The van der Waals surface area contributed by atoms with Crippen LogP contribution in [-0.2, 0) is 7.05 Å². The van der Waals surface area contributed by atoms with E-state index < -0.39 is 0 Å². The third kappa shape index (κ3) is 3.71. The summed E-state index contributed by atoms with van der Waals surface area (Å²) in [6.07, 6.45) is 5.02. The van der Waals surface area contributed by atoms with Gasteiger partial charge in [-0.3, -0.25) is 0 Å². The second-order valence-electron chi connectivity index (χ2n) is 7.01. The van der Waals surface area contributed by atoms with Crippen LogP contribution in [0.3, 0.4) is 0 Å². The minimum absolute atomic E-state index is 0.337. The van der Waals surface area contributed by atoms with Gasteiger partial charge in [0.25, 0.3) is 0 Å². The molecule has 0 aliphatic carbocycles. The molecule has 0 saturated heterocycles. The molecule has 0 saturated carbocycles. The molecule has 0 bridgehead atoms. The van der Waals surface area contributed by atoms with Crippen molar-refractivity contribution < 1.29 is 4.74 Å². The van der Waals surface area contributed by atoms with E-state index in [9.17, 15) is 0 Å². The second-order valence-corrected chi connectivity index (χ2v) is 7.01. The monoisotopic (exact) mass is 400 g/mol. The number of nitriles is 1. The fourth-order valence-corrected chi connectivity index (χ4v) is 2.91. The number of nitrogens with zero attached hydrogens (tertiary/aromatic N) is 7. The Morgan fingerprint density at radius 2 is 1.97 bits per heavy atom. The molecule has 0 radical (unpaired) electrons. The van der Waals surface area contributed by atoms with Gasteiger partial charge in [0, 0.05) is 27.2 Å². The summed E-state index contributed by atoms with van der Waals surface area (Å²) in [6, 6.07) is 9.35. The molecule has 0 aromatic carbocycles. The molecular weight excluding hydrogens is 380 g/mol. The van der Waals surface area contributed by atoms with Gasteiger partial charge >= 0.3 is 0 Å². The van der Waals surface area contributed by atoms with Crippen LogP contribution in [0.4, 0.5) is 17.2 Å². The van der Waals surface area contributed by atoms with Gasteiger partial charge in [0.1, 0.15) is 23.1 Å². The predicted octanol–water partition coefficient (Wildman–Crippen LogP) is 3.54. The maximum atomic E-state index is 9.00. The summed E-state index contributed by atoms with van der Waals surface area (Å²) >= 11 is 0. The number of aryl methyl sites for hydroxylation is 2. The predicted molar refractivity (Wildman–Crippen MR) is 114 cm³/mol. The average molecular weight is 400 g/mol. The number of rotatable bonds is 5. The van der Waals surface area contributed by atoms with Crippen molar-refractivity contribution in [3.63, 3.8) is 0 Å². The van der Waals surface area contributed by atoms with E-state index >= 15 is 0 Å². The van der Waals surface area contributed by atoms with Gasteiger partial charge in [-0.1, -0.05) is 0 Å². The number of anilines is 3. The van der Waals surface area contributed by atoms with Gasteiger partial charge in [0.15, 0.2) is 11.4 Å². The molecule has 4 aromatic rings. The number of imidazole rings is 1. The van der Waals surface area contributed by atoms with E-state index in [2.05, 4.69) is 25.3 Å². The third-order valence-electron chi connectivity index (χ3n) is 4.56. The Morgan fingerprint density at radius 1 is 1.13 bits per heavy atom. The van der Waals surface area contributed by atoms with Crippen LogP contribution in [0, 0.1) is 18.3 Å². The lowest BCUT2D eigenvalue weighted by Gasteiger charge is -2.13. The molecule has 1 N–H and O–H groups in total. The highest BCUT2D eigenvalue weighted by molar-refractivity contribution is 5.88. The quantitative estimate of drug-likeness (QED) is 0.542. The van der Waals surface area contributed by atoms with E-state index in [0.29, 0.717) is 34.3 Å². The van der Waals surface area contributed by atoms with E-state index in [4.69, 9.17) is 10.00 Å². The van der Waals surface area contributed by atoms with Crippen molar-refractivity contribution >= 4 is 28.4 Å². The number of hydrogen-bond donors (Lipinski definition) is 1. The van der Waals surface area contributed by atoms with Crippen molar-refractivity contribution in [3.05, 3.63) is 54.2 Å². The highest BCUT2D eigenvalue weighted by Crippen LogP contribution is 2.31. The first-order chi connectivity index (χ1) is 14.4. The molecule has 150 valence electrons. The topological polar surface area (TPSA) is 105 Å². The Hall–Kier alpha value is -4.19. The Bertz CT molecular complexity index is 1250. The molecule has 0 amide bonds. The van der Waals surface area contributed by atoms with Crippen LogP contribution in [0.2, 0.25) is 0 Å². The number of ether oxygens (including phenoxy) is 1. The summed E-state index contributed by atoms with van der Waals surface area (Å²) in [4.78, 5) is 19.5. The molecule has 0 aliphatic heterocycles. The minimum Gasteiger partial charge on any atom is -0.437 e. The number of aromatic nitrogens is 5. The van der Waals surface area contributed by atoms with Gasteiger partial charge in [-0.2, -0.15) is 10.2 Å². The first kappa shape index (κ1) is 19.1. The maximum absolute atomic E-state index is 9.00. The van der Waals surface area contributed by atoms with Crippen LogP contribution in [-0.4, -0.2) is 38.6 Å². The summed E-state index contributed by atoms with van der Waals surface area (Å²) in [7, 11) is 5.80. The van der Waals surface area contributed by atoms with Gasteiger partial charge in [-0.25, -0.2) is 15.0 Å². The summed E-state index contributed by atoms with van der Waals surface area (Å²) in [5, 5.41) is 12.3. The van der Waals surface area contributed by atoms with Gasteiger partial charge in [0.2, 0.25) is 5.88 Å². The van der Waals surface area contributed by atoms with Gasteiger partial charge in [-0.05, 0) is 30.7 Å². The molecule has 0 atom stereocenters.